The summed E-state index contributed by atoms with van der Waals surface area (Å²) in [4.78, 5) is 16.6. The Kier molecular flexibility index (Phi) is 3.74. The van der Waals surface area contributed by atoms with Crippen molar-refractivity contribution in [2.24, 2.45) is 0 Å². The van der Waals surface area contributed by atoms with E-state index in [1.807, 2.05) is 54.8 Å². The van der Waals surface area contributed by atoms with Gasteiger partial charge in [0.2, 0.25) is 0 Å². The SMILES string of the molecule is Cc1cccc(/C=C2/Oc3ccc(-c4csc(N)n4)cc3NC2=O)c1. The zero-order valence-electron chi connectivity index (χ0n) is 13.4. The molecular formula is C19H15N3O2S. The molecule has 3 aromatic rings. The van der Waals surface area contributed by atoms with Crippen molar-refractivity contribution >= 4 is 34.1 Å². The van der Waals surface area contributed by atoms with Crippen LogP contribution in [0.3, 0.4) is 0 Å². The highest BCUT2D eigenvalue weighted by atomic mass is 32.1. The molecule has 2 heterocycles. The number of rotatable bonds is 2. The molecule has 0 fully saturated rings. The van der Waals surface area contributed by atoms with Crippen LogP contribution >= 0.6 is 11.3 Å². The lowest BCUT2D eigenvalue weighted by Gasteiger charge is -2.20. The molecule has 0 radical (unpaired) electrons. The van der Waals surface area contributed by atoms with Gasteiger partial charge in [-0.15, -0.1) is 11.3 Å². The van der Waals surface area contributed by atoms with Crippen LogP contribution in [0.1, 0.15) is 11.1 Å². The van der Waals surface area contributed by atoms with Crippen LogP contribution in [0, 0.1) is 6.92 Å². The van der Waals surface area contributed by atoms with Crippen molar-refractivity contribution in [1.29, 1.82) is 0 Å². The maximum absolute atomic E-state index is 12.4. The Balaban J connectivity index is 1.66. The molecule has 6 heteroatoms. The minimum atomic E-state index is -0.274. The topological polar surface area (TPSA) is 77.2 Å². The number of aromatic nitrogens is 1. The third kappa shape index (κ3) is 3.12. The van der Waals surface area contributed by atoms with E-state index in [1.54, 1.807) is 6.08 Å². The van der Waals surface area contributed by atoms with Crippen LogP contribution < -0.4 is 15.8 Å². The van der Waals surface area contributed by atoms with Crippen LogP contribution in [0.2, 0.25) is 0 Å². The van der Waals surface area contributed by atoms with Crippen LogP contribution in [0.5, 0.6) is 5.75 Å². The summed E-state index contributed by atoms with van der Waals surface area (Å²) in [7, 11) is 0. The van der Waals surface area contributed by atoms with Crippen molar-refractivity contribution < 1.29 is 9.53 Å². The summed E-state index contributed by atoms with van der Waals surface area (Å²) in [5.74, 6) is 0.596. The lowest BCUT2D eigenvalue weighted by atomic mass is 10.1. The lowest BCUT2D eigenvalue weighted by molar-refractivity contribution is -0.115. The molecule has 3 N–H and O–H groups in total. The van der Waals surface area contributed by atoms with Crippen LogP contribution in [-0.2, 0) is 4.79 Å². The number of nitrogens with zero attached hydrogens (tertiary/aromatic N) is 1. The van der Waals surface area contributed by atoms with E-state index in [1.165, 1.54) is 11.3 Å². The van der Waals surface area contributed by atoms with Gasteiger partial charge in [-0.05, 0) is 36.8 Å². The molecule has 0 bridgehead atoms. The molecule has 0 unspecified atom stereocenters. The number of carbonyl (C=O) groups is 1. The molecule has 1 aliphatic rings. The number of nitrogens with one attached hydrogen (secondary N) is 1. The standard InChI is InChI=1S/C19H15N3O2S/c1-11-3-2-4-12(7-11)8-17-18(23)21-14-9-13(5-6-16(14)24-17)15-10-25-19(20)22-15/h2-10H,1H3,(H2,20,22)(H,21,23)/b17-8+. The maximum atomic E-state index is 12.4. The fourth-order valence-electron chi connectivity index (χ4n) is 2.65. The summed E-state index contributed by atoms with van der Waals surface area (Å²) in [5, 5.41) is 5.27. The maximum Gasteiger partial charge on any atom is 0.291 e. The molecule has 2 aromatic carbocycles. The molecule has 124 valence electrons. The number of anilines is 2. The predicted octanol–water partition coefficient (Wildman–Crippen LogP) is 4.07. The minimum absolute atomic E-state index is 0.267. The largest absolute Gasteiger partial charge is 0.449 e. The Morgan fingerprint density at radius 2 is 2.12 bits per heavy atom. The number of fused-ring (bicyclic) bond motifs is 1. The Bertz CT molecular complexity index is 1010. The summed E-state index contributed by atoms with van der Waals surface area (Å²) >= 11 is 1.38. The van der Waals surface area contributed by atoms with Crippen molar-refractivity contribution in [3.63, 3.8) is 0 Å². The number of benzene rings is 2. The number of aryl methyl sites for hydroxylation is 1. The van der Waals surface area contributed by atoms with Gasteiger partial charge >= 0.3 is 0 Å². The predicted molar refractivity (Wildman–Crippen MR) is 100 cm³/mol. The fourth-order valence-corrected chi connectivity index (χ4v) is 3.22. The van der Waals surface area contributed by atoms with Gasteiger partial charge in [0.1, 0.15) is 0 Å². The normalized spacial score (nSPS) is 14.8. The van der Waals surface area contributed by atoms with Crippen molar-refractivity contribution in [2.75, 3.05) is 11.1 Å². The minimum Gasteiger partial charge on any atom is -0.449 e. The van der Waals surface area contributed by atoms with Crippen LogP contribution in [0.25, 0.3) is 17.3 Å². The van der Waals surface area contributed by atoms with Gasteiger partial charge < -0.3 is 15.8 Å². The quantitative estimate of drug-likeness (QED) is 0.684. The molecule has 5 nitrogen and oxygen atoms in total. The second-order valence-electron chi connectivity index (χ2n) is 5.76. The Hall–Kier alpha value is -3.12. The second-order valence-corrected chi connectivity index (χ2v) is 6.65. The van der Waals surface area contributed by atoms with Crippen molar-refractivity contribution in [3.05, 3.63) is 64.7 Å². The molecule has 1 aromatic heterocycles. The monoisotopic (exact) mass is 349 g/mol. The zero-order valence-corrected chi connectivity index (χ0v) is 14.3. The van der Waals surface area contributed by atoms with E-state index >= 15 is 0 Å². The first-order valence-corrected chi connectivity index (χ1v) is 8.59. The number of nitrogen functional groups attached to an aromatic ring is 1. The molecular weight excluding hydrogens is 334 g/mol. The number of nitrogens with two attached hydrogens (primary N) is 1. The average molecular weight is 349 g/mol. The molecule has 0 saturated carbocycles. The number of carbonyl (C=O) groups excluding carboxylic acids is 1. The van der Waals surface area contributed by atoms with E-state index in [-0.39, 0.29) is 11.7 Å². The molecule has 0 spiro atoms. The fraction of sp³-hybridized carbons (Fsp3) is 0.0526. The van der Waals surface area contributed by atoms with Crippen LogP contribution in [0.4, 0.5) is 10.8 Å². The number of hydrogen-bond donors (Lipinski definition) is 2. The molecule has 0 saturated heterocycles. The summed E-state index contributed by atoms with van der Waals surface area (Å²) in [6, 6.07) is 13.4. The lowest BCUT2D eigenvalue weighted by Crippen LogP contribution is -2.23. The van der Waals surface area contributed by atoms with Crippen LogP contribution in [0.15, 0.2) is 53.6 Å². The first-order chi connectivity index (χ1) is 12.1. The number of thiazole rings is 1. The highest BCUT2D eigenvalue weighted by Crippen LogP contribution is 2.35. The van der Waals surface area contributed by atoms with Gasteiger partial charge in [0.15, 0.2) is 16.6 Å². The van der Waals surface area contributed by atoms with Gasteiger partial charge in [-0.2, -0.15) is 0 Å². The molecule has 25 heavy (non-hydrogen) atoms. The number of ether oxygens (including phenoxy) is 1. The summed E-state index contributed by atoms with van der Waals surface area (Å²) in [5.41, 5.74) is 10.0. The second kappa shape index (κ2) is 6.07. The third-order valence-corrected chi connectivity index (χ3v) is 4.50. The average Bonchev–Trinajstić information content (AvgIpc) is 3.02. The first kappa shape index (κ1) is 15.4. The van der Waals surface area contributed by atoms with Gasteiger partial charge in [0, 0.05) is 10.9 Å². The van der Waals surface area contributed by atoms with Crippen molar-refractivity contribution in [1.82, 2.24) is 4.98 Å². The Morgan fingerprint density at radius 1 is 1.24 bits per heavy atom. The van der Waals surface area contributed by atoms with E-state index in [9.17, 15) is 4.79 Å². The van der Waals surface area contributed by atoms with E-state index in [0.717, 1.165) is 22.4 Å². The van der Waals surface area contributed by atoms with E-state index in [0.29, 0.717) is 16.6 Å². The summed E-state index contributed by atoms with van der Waals surface area (Å²) < 4.78 is 5.79. The highest BCUT2D eigenvalue weighted by Gasteiger charge is 2.22. The van der Waals surface area contributed by atoms with Crippen molar-refractivity contribution in [2.45, 2.75) is 6.92 Å². The van der Waals surface area contributed by atoms with E-state index in [2.05, 4.69) is 10.3 Å². The molecule has 4 rings (SSSR count). The number of hydrogen-bond acceptors (Lipinski definition) is 5. The molecule has 1 amide bonds. The smallest absolute Gasteiger partial charge is 0.291 e. The Morgan fingerprint density at radius 3 is 2.88 bits per heavy atom. The van der Waals surface area contributed by atoms with Gasteiger partial charge in [-0.1, -0.05) is 29.8 Å². The van der Waals surface area contributed by atoms with Gasteiger partial charge in [-0.25, -0.2) is 4.98 Å². The molecule has 0 aliphatic carbocycles. The van der Waals surface area contributed by atoms with E-state index in [4.69, 9.17) is 10.5 Å². The van der Waals surface area contributed by atoms with E-state index < -0.39 is 0 Å². The van der Waals surface area contributed by atoms with Gasteiger partial charge in [-0.3, -0.25) is 4.79 Å². The molecule has 0 atom stereocenters. The molecule has 1 aliphatic heterocycles. The third-order valence-electron chi connectivity index (χ3n) is 3.83. The first-order valence-electron chi connectivity index (χ1n) is 7.71. The van der Waals surface area contributed by atoms with Crippen molar-refractivity contribution in [3.8, 4) is 17.0 Å². The van der Waals surface area contributed by atoms with Crippen LogP contribution in [-0.4, -0.2) is 10.9 Å². The highest BCUT2D eigenvalue weighted by molar-refractivity contribution is 7.13. The summed E-state index contributed by atoms with van der Waals surface area (Å²) in [6.45, 7) is 2.01. The Labute approximate surface area is 148 Å². The van der Waals surface area contributed by atoms with Gasteiger partial charge in [0.25, 0.3) is 5.91 Å². The summed E-state index contributed by atoms with van der Waals surface area (Å²) in [6.07, 6.45) is 1.74. The number of amides is 1. The van der Waals surface area contributed by atoms with Gasteiger partial charge in [0.05, 0.1) is 11.4 Å². The zero-order chi connectivity index (χ0) is 17.4.